The highest BCUT2D eigenvalue weighted by molar-refractivity contribution is 5.93. The Morgan fingerprint density at radius 3 is 2.90 bits per heavy atom. The number of rotatable bonds is 6. The summed E-state index contributed by atoms with van der Waals surface area (Å²) in [6.45, 7) is 6.18. The van der Waals surface area contributed by atoms with Gasteiger partial charge >= 0.3 is 0 Å². The minimum absolute atomic E-state index is 0.0846. The molecule has 4 nitrogen and oxygen atoms in total. The standard InChI is InChI=1S/C17H26N2O2/c1-4-5-9-18(3)12-17(21)15-6-7-16-14(11-15)8-10-19(16)13(2)20/h6-7,11,17,21H,4-5,8-10,12H2,1-3H3. The summed E-state index contributed by atoms with van der Waals surface area (Å²) < 4.78 is 0. The van der Waals surface area contributed by atoms with Crippen LogP contribution in [0.15, 0.2) is 18.2 Å². The molecule has 1 aliphatic heterocycles. The van der Waals surface area contributed by atoms with Crippen LogP contribution in [0, 0.1) is 0 Å². The number of amides is 1. The summed E-state index contributed by atoms with van der Waals surface area (Å²) in [6, 6.07) is 5.96. The van der Waals surface area contributed by atoms with Crippen molar-refractivity contribution in [3.8, 4) is 0 Å². The quantitative estimate of drug-likeness (QED) is 0.874. The van der Waals surface area contributed by atoms with E-state index in [4.69, 9.17) is 0 Å². The van der Waals surface area contributed by atoms with Crippen LogP contribution in [0.4, 0.5) is 5.69 Å². The van der Waals surface area contributed by atoms with E-state index in [0.717, 1.165) is 42.7 Å². The van der Waals surface area contributed by atoms with E-state index in [0.29, 0.717) is 6.54 Å². The Hall–Kier alpha value is -1.39. The van der Waals surface area contributed by atoms with Gasteiger partial charge in [0.05, 0.1) is 6.10 Å². The third-order valence-electron chi connectivity index (χ3n) is 4.14. The minimum Gasteiger partial charge on any atom is -0.387 e. The maximum atomic E-state index is 11.5. The predicted octanol–water partition coefficient (Wildman–Crippen LogP) is 2.36. The van der Waals surface area contributed by atoms with Gasteiger partial charge in [0.25, 0.3) is 0 Å². The average Bonchev–Trinajstić information content (AvgIpc) is 2.88. The second-order valence-electron chi connectivity index (χ2n) is 5.94. The first-order valence-electron chi connectivity index (χ1n) is 7.80. The van der Waals surface area contributed by atoms with E-state index in [1.165, 1.54) is 6.42 Å². The van der Waals surface area contributed by atoms with E-state index in [2.05, 4.69) is 17.9 Å². The highest BCUT2D eigenvalue weighted by atomic mass is 16.3. The SMILES string of the molecule is CCCCN(C)CC(O)c1ccc2c(c1)CCN2C(C)=O. The lowest BCUT2D eigenvalue weighted by molar-refractivity contribution is -0.116. The van der Waals surface area contributed by atoms with E-state index in [1.807, 2.05) is 19.2 Å². The van der Waals surface area contributed by atoms with Gasteiger partial charge in [0.2, 0.25) is 5.91 Å². The van der Waals surface area contributed by atoms with Gasteiger partial charge in [-0.05, 0) is 43.6 Å². The molecule has 0 fully saturated rings. The topological polar surface area (TPSA) is 43.8 Å². The van der Waals surface area contributed by atoms with Gasteiger partial charge in [-0.15, -0.1) is 0 Å². The number of fused-ring (bicyclic) bond motifs is 1. The molecule has 116 valence electrons. The molecule has 4 heteroatoms. The number of benzene rings is 1. The molecular weight excluding hydrogens is 264 g/mol. The van der Waals surface area contributed by atoms with Crippen LogP contribution in [0.3, 0.4) is 0 Å². The van der Waals surface area contributed by atoms with Gasteiger partial charge in [0.1, 0.15) is 0 Å². The smallest absolute Gasteiger partial charge is 0.223 e. The molecule has 1 aromatic rings. The van der Waals surface area contributed by atoms with Crippen molar-refractivity contribution in [2.75, 3.05) is 31.6 Å². The molecule has 1 unspecified atom stereocenters. The number of hydrogen-bond donors (Lipinski definition) is 1. The van der Waals surface area contributed by atoms with Crippen molar-refractivity contribution < 1.29 is 9.90 Å². The van der Waals surface area contributed by atoms with Gasteiger partial charge in [0.15, 0.2) is 0 Å². The molecule has 1 aliphatic rings. The molecule has 2 rings (SSSR count). The second-order valence-corrected chi connectivity index (χ2v) is 5.94. The van der Waals surface area contributed by atoms with E-state index < -0.39 is 6.10 Å². The molecule has 0 saturated heterocycles. The monoisotopic (exact) mass is 290 g/mol. The Balaban J connectivity index is 2.03. The van der Waals surface area contributed by atoms with Crippen LogP contribution in [0.2, 0.25) is 0 Å². The fourth-order valence-corrected chi connectivity index (χ4v) is 2.88. The molecule has 0 radical (unpaired) electrons. The third-order valence-corrected chi connectivity index (χ3v) is 4.14. The largest absolute Gasteiger partial charge is 0.387 e. The first kappa shape index (κ1) is 16.0. The van der Waals surface area contributed by atoms with Crippen LogP contribution in [0.1, 0.15) is 43.9 Å². The van der Waals surface area contributed by atoms with Crippen molar-refractivity contribution in [3.05, 3.63) is 29.3 Å². The number of nitrogens with zero attached hydrogens (tertiary/aromatic N) is 2. The highest BCUT2D eigenvalue weighted by Gasteiger charge is 2.23. The first-order valence-corrected chi connectivity index (χ1v) is 7.80. The van der Waals surface area contributed by atoms with Gasteiger partial charge in [0, 0.05) is 25.7 Å². The lowest BCUT2D eigenvalue weighted by atomic mass is 10.0. The zero-order chi connectivity index (χ0) is 15.4. The van der Waals surface area contributed by atoms with Crippen LogP contribution >= 0.6 is 0 Å². The Morgan fingerprint density at radius 1 is 1.48 bits per heavy atom. The number of carbonyl (C=O) groups excluding carboxylic acids is 1. The predicted molar refractivity (Wildman–Crippen MR) is 85.5 cm³/mol. The molecule has 0 spiro atoms. The van der Waals surface area contributed by atoms with Crippen LogP contribution in [0.25, 0.3) is 0 Å². The summed E-state index contributed by atoms with van der Waals surface area (Å²) in [5, 5.41) is 10.4. The molecular formula is C17H26N2O2. The second kappa shape index (κ2) is 7.05. The summed E-state index contributed by atoms with van der Waals surface area (Å²) >= 11 is 0. The number of carbonyl (C=O) groups is 1. The summed E-state index contributed by atoms with van der Waals surface area (Å²) in [6.07, 6.45) is 2.73. The number of aliphatic hydroxyl groups excluding tert-OH is 1. The van der Waals surface area contributed by atoms with Crippen molar-refractivity contribution >= 4 is 11.6 Å². The Bertz CT molecular complexity index is 502. The molecule has 1 aromatic carbocycles. The Labute approximate surface area is 127 Å². The molecule has 0 saturated carbocycles. The summed E-state index contributed by atoms with van der Waals surface area (Å²) in [5.74, 6) is 0.0846. The average molecular weight is 290 g/mol. The molecule has 0 aromatic heterocycles. The van der Waals surface area contributed by atoms with Crippen molar-refractivity contribution in [3.63, 3.8) is 0 Å². The van der Waals surface area contributed by atoms with Crippen LogP contribution in [0.5, 0.6) is 0 Å². The van der Waals surface area contributed by atoms with Crippen LogP contribution in [-0.2, 0) is 11.2 Å². The molecule has 1 heterocycles. The van der Waals surface area contributed by atoms with E-state index >= 15 is 0 Å². The normalized spacial score (nSPS) is 15.4. The molecule has 1 N–H and O–H groups in total. The minimum atomic E-state index is -0.469. The maximum Gasteiger partial charge on any atom is 0.223 e. The number of likely N-dealkylation sites (N-methyl/N-ethyl adjacent to an activating group) is 1. The van der Waals surface area contributed by atoms with E-state index in [-0.39, 0.29) is 5.91 Å². The number of aliphatic hydroxyl groups is 1. The van der Waals surface area contributed by atoms with Gasteiger partial charge in [-0.2, -0.15) is 0 Å². The molecule has 0 bridgehead atoms. The summed E-state index contributed by atoms with van der Waals surface area (Å²) in [4.78, 5) is 15.5. The Morgan fingerprint density at radius 2 is 2.24 bits per heavy atom. The Kier molecular flexibility index (Phi) is 5.37. The molecule has 1 atom stereocenters. The van der Waals surface area contributed by atoms with Gasteiger partial charge in [-0.25, -0.2) is 0 Å². The maximum absolute atomic E-state index is 11.5. The third kappa shape index (κ3) is 3.83. The molecule has 1 amide bonds. The molecule has 0 aliphatic carbocycles. The van der Waals surface area contributed by atoms with Gasteiger partial charge in [-0.3, -0.25) is 4.79 Å². The highest BCUT2D eigenvalue weighted by Crippen LogP contribution is 2.30. The number of anilines is 1. The fraction of sp³-hybridized carbons (Fsp3) is 0.588. The zero-order valence-corrected chi connectivity index (χ0v) is 13.3. The van der Waals surface area contributed by atoms with Crippen molar-refractivity contribution in [1.82, 2.24) is 4.90 Å². The van der Waals surface area contributed by atoms with Gasteiger partial charge in [-0.1, -0.05) is 25.5 Å². The van der Waals surface area contributed by atoms with Gasteiger partial charge < -0.3 is 14.9 Å². The van der Waals surface area contributed by atoms with Crippen LogP contribution < -0.4 is 4.90 Å². The summed E-state index contributed by atoms with van der Waals surface area (Å²) in [5.41, 5.74) is 3.11. The number of hydrogen-bond acceptors (Lipinski definition) is 3. The van der Waals surface area contributed by atoms with Crippen molar-refractivity contribution in [2.24, 2.45) is 0 Å². The van der Waals surface area contributed by atoms with E-state index in [9.17, 15) is 9.90 Å². The number of unbranched alkanes of at least 4 members (excludes halogenated alkanes) is 1. The van der Waals surface area contributed by atoms with Crippen molar-refractivity contribution in [1.29, 1.82) is 0 Å². The first-order chi connectivity index (χ1) is 10.0. The molecule has 21 heavy (non-hydrogen) atoms. The van der Waals surface area contributed by atoms with E-state index in [1.54, 1.807) is 11.8 Å². The lowest BCUT2D eigenvalue weighted by Gasteiger charge is -2.21. The van der Waals surface area contributed by atoms with Crippen LogP contribution in [-0.4, -0.2) is 42.6 Å². The summed E-state index contributed by atoms with van der Waals surface area (Å²) in [7, 11) is 2.05. The zero-order valence-electron chi connectivity index (χ0n) is 13.3. The lowest BCUT2D eigenvalue weighted by Crippen LogP contribution is -2.26. The van der Waals surface area contributed by atoms with Crippen molar-refractivity contribution in [2.45, 2.75) is 39.2 Å². The fourth-order valence-electron chi connectivity index (χ4n) is 2.88.